The smallest absolute Gasteiger partial charge is 0.256 e. The molecular formula is C23H23ClN2O3S. The van der Waals surface area contributed by atoms with E-state index in [2.05, 4.69) is 11.9 Å². The first-order chi connectivity index (χ1) is 14.3. The minimum Gasteiger partial charge on any atom is -0.339 e. The summed E-state index contributed by atoms with van der Waals surface area (Å²) in [6.45, 7) is 5.27. The minimum absolute atomic E-state index is 0.0255. The molecule has 7 heteroatoms. The van der Waals surface area contributed by atoms with Crippen molar-refractivity contribution in [3.63, 3.8) is 0 Å². The maximum absolute atomic E-state index is 13.7. The molecule has 1 aromatic heterocycles. The van der Waals surface area contributed by atoms with Crippen molar-refractivity contribution in [2.24, 2.45) is 5.92 Å². The molecule has 0 aliphatic carbocycles. The molecule has 1 fully saturated rings. The van der Waals surface area contributed by atoms with Crippen molar-refractivity contribution in [3.05, 3.63) is 64.8 Å². The van der Waals surface area contributed by atoms with Crippen LogP contribution in [0.15, 0.2) is 58.5 Å². The Hall–Kier alpha value is -2.44. The molecule has 5 nitrogen and oxygen atoms in total. The number of fused-ring (bicyclic) bond motifs is 1. The van der Waals surface area contributed by atoms with Crippen molar-refractivity contribution in [2.75, 3.05) is 13.1 Å². The second-order valence-corrected chi connectivity index (χ2v) is 10.3. The van der Waals surface area contributed by atoms with Crippen LogP contribution in [-0.4, -0.2) is 37.3 Å². The van der Waals surface area contributed by atoms with Gasteiger partial charge in [-0.15, -0.1) is 0 Å². The predicted molar refractivity (Wildman–Crippen MR) is 118 cm³/mol. The monoisotopic (exact) mass is 442 g/mol. The van der Waals surface area contributed by atoms with Gasteiger partial charge in [-0.1, -0.05) is 36.2 Å². The van der Waals surface area contributed by atoms with Gasteiger partial charge in [0.05, 0.1) is 20.9 Å². The fourth-order valence-electron chi connectivity index (χ4n) is 3.80. The molecule has 2 aromatic carbocycles. The van der Waals surface area contributed by atoms with Gasteiger partial charge in [-0.2, -0.15) is 0 Å². The van der Waals surface area contributed by atoms with Gasteiger partial charge in [0, 0.05) is 29.7 Å². The van der Waals surface area contributed by atoms with Crippen LogP contribution in [-0.2, 0) is 9.84 Å². The SMILES string of the molecule is Cc1ccc(S(=O)(=O)c2c(C(=O)N3CCC(C)CC3)cnc3ccc(Cl)cc23)cc1. The third kappa shape index (κ3) is 3.82. The largest absolute Gasteiger partial charge is 0.339 e. The van der Waals surface area contributed by atoms with E-state index in [1.165, 1.54) is 6.20 Å². The van der Waals surface area contributed by atoms with E-state index >= 15 is 0 Å². The number of nitrogens with zero attached hydrogens (tertiary/aromatic N) is 2. The van der Waals surface area contributed by atoms with Crippen LogP contribution in [0.4, 0.5) is 0 Å². The van der Waals surface area contributed by atoms with Crippen LogP contribution in [0, 0.1) is 12.8 Å². The number of amides is 1. The highest BCUT2D eigenvalue weighted by molar-refractivity contribution is 7.91. The van der Waals surface area contributed by atoms with Gasteiger partial charge in [0.15, 0.2) is 0 Å². The quantitative estimate of drug-likeness (QED) is 0.578. The number of hydrogen-bond donors (Lipinski definition) is 0. The molecule has 0 unspecified atom stereocenters. The lowest BCUT2D eigenvalue weighted by Crippen LogP contribution is -2.38. The third-order valence-corrected chi connectivity index (χ3v) is 7.79. The Balaban J connectivity index is 1.93. The van der Waals surface area contributed by atoms with E-state index < -0.39 is 9.84 Å². The highest BCUT2D eigenvalue weighted by Crippen LogP contribution is 2.33. The predicted octanol–water partition coefficient (Wildman–Crippen LogP) is 4.90. The van der Waals surface area contributed by atoms with Crippen molar-refractivity contribution < 1.29 is 13.2 Å². The number of rotatable bonds is 3. The number of aromatic nitrogens is 1. The molecule has 0 atom stereocenters. The van der Waals surface area contributed by atoms with E-state index in [-0.39, 0.29) is 21.3 Å². The Morgan fingerprint density at radius 2 is 1.77 bits per heavy atom. The first-order valence-electron chi connectivity index (χ1n) is 9.96. The highest BCUT2D eigenvalue weighted by Gasteiger charge is 2.31. The van der Waals surface area contributed by atoms with Gasteiger partial charge < -0.3 is 4.90 Å². The lowest BCUT2D eigenvalue weighted by Gasteiger charge is -2.30. The maximum atomic E-state index is 13.7. The van der Waals surface area contributed by atoms with Crippen LogP contribution in [0.5, 0.6) is 0 Å². The summed E-state index contributed by atoms with van der Waals surface area (Å²) in [5.41, 5.74) is 1.53. The number of hydrogen-bond acceptors (Lipinski definition) is 4. The first kappa shape index (κ1) is 20.8. The Kier molecular flexibility index (Phi) is 5.55. The molecular weight excluding hydrogens is 420 g/mol. The number of carbonyl (C=O) groups is 1. The molecule has 0 saturated carbocycles. The van der Waals surface area contributed by atoms with Crippen molar-refractivity contribution >= 4 is 38.2 Å². The van der Waals surface area contributed by atoms with Crippen molar-refractivity contribution in [2.45, 2.75) is 36.5 Å². The van der Waals surface area contributed by atoms with Crippen molar-refractivity contribution in [1.82, 2.24) is 9.88 Å². The summed E-state index contributed by atoms with van der Waals surface area (Å²) in [6, 6.07) is 11.5. The van der Waals surface area contributed by atoms with Crippen LogP contribution >= 0.6 is 11.6 Å². The van der Waals surface area contributed by atoms with Gasteiger partial charge in [0.1, 0.15) is 0 Å². The van der Waals surface area contributed by atoms with Gasteiger partial charge in [0.2, 0.25) is 9.84 Å². The van der Waals surface area contributed by atoms with Crippen LogP contribution in [0.2, 0.25) is 5.02 Å². The third-order valence-electron chi connectivity index (χ3n) is 5.68. The van der Waals surface area contributed by atoms with E-state index in [1.807, 2.05) is 6.92 Å². The van der Waals surface area contributed by atoms with Crippen LogP contribution < -0.4 is 0 Å². The normalized spacial score (nSPS) is 15.5. The Labute approximate surface area is 181 Å². The summed E-state index contributed by atoms with van der Waals surface area (Å²) in [5.74, 6) is 0.250. The molecule has 0 N–H and O–H groups in total. The maximum Gasteiger partial charge on any atom is 0.256 e. The van der Waals surface area contributed by atoms with Crippen molar-refractivity contribution in [1.29, 1.82) is 0 Å². The summed E-state index contributed by atoms with van der Waals surface area (Å²) in [5, 5.41) is 0.750. The van der Waals surface area contributed by atoms with E-state index in [1.54, 1.807) is 47.4 Å². The number of halogens is 1. The summed E-state index contributed by atoms with van der Waals surface area (Å²) in [4.78, 5) is 19.6. The zero-order valence-electron chi connectivity index (χ0n) is 16.9. The number of carbonyl (C=O) groups excluding carboxylic acids is 1. The molecule has 4 rings (SSSR count). The Morgan fingerprint density at radius 1 is 1.10 bits per heavy atom. The summed E-state index contributed by atoms with van der Waals surface area (Å²) in [7, 11) is -3.97. The molecule has 0 radical (unpaired) electrons. The average Bonchev–Trinajstić information content (AvgIpc) is 2.73. The number of piperidine rings is 1. The fraction of sp³-hybridized carbons (Fsp3) is 0.304. The molecule has 2 heterocycles. The van der Waals surface area contributed by atoms with Crippen LogP contribution in [0.1, 0.15) is 35.7 Å². The van der Waals surface area contributed by atoms with E-state index in [9.17, 15) is 13.2 Å². The zero-order chi connectivity index (χ0) is 21.5. The van der Waals surface area contributed by atoms with Gasteiger partial charge in [-0.25, -0.2) is 8.42 Å². The highest BCUT2D eigenvalue weighted by atomic mass is 35.5. The van der Waals surface area contributed by atoms with Crippen LogP contribution in [0.3, 0.4) is 0 Å². The van der Waals surface area contributed by atoms with E-state index in [0.717, 1.165) is 18.4 Å². The van der Waals surface area contributed by atoms with Gasteiger partial charge in [-0.3, -0.25) is 9.78 Å². The fourth-order valence-corrected chi connectivity index (χ4v) is 5.58. The molecule has 0 spiro atoms. The number of pyridine rings is 1. The first-order valence-corrected chi connectivity index (χ1v) is 11.8. The lowest BCUT2D eigenvalue weighted by atomic mass is 9.98. The van der Waals surface area contributed by atoms with Gasteiger partial charge in [0.25, 0.3) is 5.91 Å². The topological polar surface area (TPSA) is 67.3 Å². The lowest BCUT2D eigenvalue weighted by molar-refractivity contribution is 0.0693. The summed E-state index contributed by atoms with van der Waals surface area (Å²) < 4.78 is 27.4. The van der Waals surface area contributed by atoms with Crippen LogP contribution in [0.25, 0.3) is 10.9 Å². The zero-order valence-corrected chi connectivity index (χ0v) is 18.5. The summed E-state index contributed by atoms with van der Waals surface area (Å²) in [6.07, 6.45) is 3.19. The molecule has 1 amide bonds. The standard InChI is InChI=1S/C23H23ClN2O3S/c1-15-3-6-18(7-4-15)30(28,29)22-19-13-17(24)5-8-21(19)25-14-20(22)23(27)26-11-9-16(2)10-12-26/h3-8,13-14,16H,9-12H2,1-2H3. The molecule has 1 aliphatic rings. The minimum atomic E-state index is -3.97. The van der Waals surface area contributed by atoms with E-state index in [0.29, 0.717) is 34.9 Å². The molecule has 30 heavy (non-hydrogen) atoms. The number of likely N-dealkylation sites (tertiary alicyclic amines) is 1. The second-order valence-electron chi connectivity index (χ2n) is 7.95. The molecule has 3 aromatic rings. The molecule has 1 saturated heterocycles. The summed E-state index contributed by atoms with van der Waals surface area (Å²) >= 11 is 6.19. The molecule has 156 valence electrons. The van der Waals surface area contributed by atoms with Gasteiger partial charge >= 0.3 is 0 Å². The van der Waals surface area contributed by atoms with E-state index in [4.69, 9.17) is 11.6 Å². The molecule has 1 aliphatic heterocycles. The van der Waals surface area contributed by atoms with Crippen molar-refractivity contribution in [3.8, 4) is 0 Å². The number of aryl methyl sites for hydroxylation is 1. The number of benzene rings is 2. The molecule has 0 bridgehead atoms. The Bertz CT molecular complexity index is 1220. The Morgan fingerprint density at radius 3 is 2.43 bits per heavy atom. The average molecular weight is 443 g/mol. The number of sulfone groups is 1. The second kappa shape index (κ2) is 8.00. The van der Waals surface area contributed by atoms with Gasteiger partial charge in [-0.05, 0) is 56.0 Å².